The zero-order valence-corrected chi connectivity index (χ0v) is 15.1. The van der Waals surface area contributed by atoms with Crippen LogP contribution in [0.2, 0.25) is 0 Å². The maximum absolute atomic E-state index is 4.55. The van der Waals surface area contributed by atoms with Gasteiger partial charge in [0.15, 0.2) is 5.82 Å². The quantitative estimate of drug-likeness (QED) is 0.699. The third-order valence-electron chi connectivity index (χ3n) is 4.18. The average molecular weight is 333 g/mol. The Balaban J connectivity index is 1.85. The highest BCUT2D eigenvalue weighted by Gasteiger charge is 2.08. The molecular formula is C20H23N5. The summed E-state index contributed by atoms with van der Waals surface area (Å²) in [4.78, 5) is 4.55. The van der Waals surface area contributed by atoms with E-state index in [0.717, 1.165) is 23.4 Å². The van der Waals surface area contributed by atoms with Gasteiger partial charge < -0.3 is 10.6 Å². The van der Waals surface area contributed by atoms with Crippen molar-refractivity contribution in [3.8, 4) is 0 Å². The Kier molecular flexibility index (Phi) is 4.93. The van der Waals surface area contributed by atoms with Crippen LogP contribution in [-0.4, -0.2) is 15.2 Å². The molecule has 3 rings (SSSR count). The van der Waals surface area contributed by atoms with Crippen molar-refractivity contribution in [1.29, 1.82) is 0 Å². The van der Waals surface area contributed by atoms with Gasteiger partial charge in [-0.3, -0.25) is 0 Å². The standard InChI is InChI=1S/C20H23N5/c1-5-16-8-6-7-14(3)19(16)23-18-12-21-25-20(24-18)22-17-10-9-13(2)11-15(17)4/h6-12H,5H2,1-4H3,(H2,22,23,24,25). The van der Waals surface area contributed by atoms with Crippen LogP contribution in [0, 0.1) is 20.8 Å². The second kappa shape index (κ2) is 7.30. The first-order valence-corrected chi connectivity index (χ1v) is 8.46. The number of nitrogens with zero attached hydrogens (tertiary/aromatic N) is 3. The van der Waals surface area contributed by atoms with Crippen LogP contribution < -0.4 is 10.6 Å². The molecule has 2 aromatic carbocycles. The van der Waals surface area contributed by atoms with Gasteiger partial charge in [-0.2, -0.15) is 10.1 Å². The van der Waals surface area contributed by atoms with E-state index >= 15 is 0 Å². The number of hydrogen-bond donors (Lipinski definition) is 2. The van der Waals surface area contributed by atoms with Gasteiger partial charge in [-0.15, -0.1) is 5.10 Å². The van der Waals surface area contributed by atoms with E-state index in [1.165, 1.54) is 16.7 Å². The number of aryl methyl sites for hydroxylation is 4. The summed E-state index contributed by atoms with van der Waals surface area (Å²) in [6, 6.07) is 12.5. The number of benzene rings is 2. The van der Waals surface area contributed by atoms with E-state index in [9.17, 15) is 0 Å². The first-order valence-electron chi connectivity index (χ1n) is 8.46. The summed E-state index contributed by atoms with van der Waals surface area (Å²) in [7, 11) is 0. The lowest BCUT2D eigenvalue weighted by molar-refractivity contribution is 0.980. The van der Waals surface area contributed by atoms with Gasteiger partial charge in [0, 0.05) is 11.4 Å². The molecule has 0 spiro atoms. The van der Waals surface area contributed by atoms with Gasteiger partial charge in [0.1, 0.15) is 0 Å². The first kappa shape index (κ1) is 16.9. The van der Waals surface area contributed by atoms with Crippen LogP contribution in [0.3, 0.4) is 0 Å². The Bertz CT molecular complexity index is 889. The zero-order valence-electron chi connectivity index (χ0n) is 15.1. The summed E-state index contributed by atoms with van der Waals surface area (Å²) in [5.41, 5.74) is 6.88. The molecule has 0 aliphatic heterocycles. The molecule has 0 atom stereocenters. The Morgan fingerprint density at radius 1 is 0.960 bits per heavy atom. The molecule has 0 bridgehead atoms. The van der Waals surface area contributed by atoms with E-state index in [2.05, 4.69) is 83.8 Å². The van der Waals surface area contributed by atoms with Crippen LogP contribution in [0.25, 0.3) is 0 Å². The molecule has 3 aromatic rings. The molecule has 0 radical (unpaired) electrons. The lowest BCUT2D eigenvalue weighted by Gasteiger charge is -2.14. The van der Waals surface area contributed by atoms with Gasteiger partial charge in [-0.1, -0.05) is 42.8 Å². The van der Waals surface area contributed by atoms with Gasteiger partial charge in [0.25, 0.3) is 0 Å². The fourth-order valence-electron chi connectivity index (χ4n) is 2.82. The number of para-hydroxylation sites is 1. The monoisotopic (exact) mass is 333 g/mol. The highest BCUT2D eigenvalue weighted by molar-refractivity contribution is 5.65. The minimum atomic E-state index is 0.476. The van der Waals surface area contributed by atoms with Crippen molar-refractivity contribution >= 4 is 23.1 Å². The van der Waals surface area contributed by atoms with Gasteiger partial charge in [0.05, 0.1) is 6.20 Å². The molecule has 0 aliphatic rings. The minimum absolute atomic E-state index is 0.476. The van der Waals surface area contributed by atoms with E-state index in [1.54, 1.807) is 6.20 Å². The van der Waals surface area contributed by atoms with E-state index < -0.39 is 0 Å². The second-order valence-electron chi connectivity index (χ2n) is 6.20. The predicted molar refractivity (Wildman–Crippen MR) is 103 cm³/mol. The largest absolute Gasteiger partial charge is 0.338 e. The lowest BCUT2D eigenvalue weighted by Crippen LogP contribution is -2.05. The summed E-state index contributed by atoms with van der Waals surface area (Å²) < 4.78 is 0. The van der Waals surface area contributed by atoms with Crippen LogP contribution in [0.4, 0.5) is 23.1 Å². The van der Waals surface area contributed by atoms with Crippen molar-refractivity contribution in [3.63, 3.8) is 0 Å². The highest BCUT2D eigenvalue weighted by Crippen LogP contribution is 2.25. The van der Waals surface area contributed by atoms with E-state index in [1.807, 2.05) is 6.07 Å². The van der Waals surface area contributed by atoms with Gasteiger partial charge in [0.2, 0.25) is 5.95 Å². The van der Waals surface area contributed by atoms with Crippen molar-refractivity contribution in [2.45, 2.75) is 34.1 Å². The molecule has 0 amide bonds. The van der Waals surface area contributed by atoms with Crippen molar-refractivity contribution in [2.75, 3.05) is 10.6 Å². The Labute approximate surface area is 148 Å². The number of nitrogens with one attached hydrogen (secondary N) is 2. The third-order valence-corrected chi connectivity index (χ3v) is 4.18. The van der Waals surface area contributed by atoms with Gasteiger partial charge in [-0.05, 0) is 49.9 Å². The van der Waals surface area contributed by atoms with Gasteiger partial charge >= 0.3 is 0 Å². The number of rotatable bonds is 5. The highest BCUT2D eigenvalue weighted by atomic mass is 15.3. The number of aromatic nitrogens is 3. The smallest absolute Gasteiger partial charge is 0.249 e. The molecule has 0 saturated carbocycles. The van der Waals surface area contributed by atoms with Crippen molar-refractivity contribution in [3.05, 3.63) is 64.8 Å². The third kappa shape index (κ3) is 3.94. The molecule has 0 saturated heterocycles. The van der Waals surface area contributed by atoms with Crippen molar-refractivity contribution in [1.82, 2.24) is 15.2 Å². The van der Waals surface area contributed by atoms with Crippen molar-refractivity contribution < 1.29 is 0 Å². The predicted octanol–water partition coefficient (Wildman–Crippen LogP) is 4.85. The molecule has 5 heteroatoms. The van der Waals surface area contributed by atoms with Crippen molar-refractivity contribution in [2.24, 2.45) is 0 Å². The molecule has 1 heterocycles. The summed E-state index contributed by atoms with van der Waals surface area (Å²) in [6.07, 6.45) is 2.59. The van der Waals surface area contributed by atoms with Gasteiger partial charge in [-0.25, -0.2) is 0 Å². The maximum Gasteiger partial charge on any atom is 0.249 e. The molecule has 25 heavy (non-hydrogen) atoms. The Morgan fingerprint density at radius 2 is 1.80 bits per heavy atom. The summed E-state index contributed by atoms with van der Waals surface area (Å²) in [6.45, 7) is 8.37. The minimum Gasteiger partial charge on any atom is -0.338 e. The summed E-state index contributed by atoms with van der Waals surface area (Å²) in [5.74, 6) is 1.15. The van der Waals surface area contributed by atoms with Crippen LogP contribution >= 0.6 is 0 Å². The normalized spacial score (nSPS) is 10.6. The SMILES string of the molecule is CCc1cccc(C)c1Nc1cnnc(Nc2ccc(C)cc2C)n1. The molecule has 0 aliphatic carbocycles. The van der Waals surface area contributed by atoms with Crippen LogP contribution in [-0.2, 0) is 6.42 Å². The summed E-state index contributed by atoms with van der Waals surface area (Å²) >= 11 is 0. The molecule has 5 nitrogen and oxygen atoms in total. The average Bonchev–Trinajstić information content (AvgIpc) is 2.59. The number of hydrogen-bond acceptors (Lipinski definition) is 5. The fourth-order valence-corrected chi connectivity index (χ4v) is 2.82. The molecule has 2 N–H and O–H groups in total. The summed E-state index contributed by atoms with van der Waals surface area (Å²) in [5, 5.41) is 14.8. The van der Waals surface area contributed by atoms with E-state index in [4.69, 9.17) is 0 Å². The molecule has 128 valence electrons. The lowest BCUT2D eigenvalue weighted by atomic mass is 10.1. The van der Waals surface area contributed by atoms with E-state index in [0.29, 0.717) is 11.8 Å². The molecule has 0 unspecified atom stereocenters. The fraction of sp³-hybridized carbons (Fsp3) is 0.250. The van der Waals surface area contributed by atoms with Crippen LogP contribution in [0.5, 0.6) is 0 Å². The van der Waals surface area contributed by atoms with E-state index in [-0.39, 0.29) is 0 Å². The first-order chi connectivity index (χ1) is 12.1. The molecule has 1 aromatic heterocycles. The Hall–Kier alpha value is -2.95. The molecular weight excluding hydrogens is 310 g/mol. The Morgan fingerprint density at radius 3 is 2.56 bits per heavy atom. The number of anilines is 4. The zero-order chi connectivity index (χ0) is 17.8. The second-order valence-corrected chi connectivity index (χ2v) is 6.20. The maximum atomic E-state index is 4.55. The molecule has 0 fully saturated rings. The topological polar surface area (TPSA) is 62.7 Å². The van der Waals surface area contributed by atoms with Crippen LogP contribution in [0.1, 0.15) is 29.2 Å². The van der Waals surface area contributed by atoms with Crippen LogP contribution in [0.15, 0.2) is 42.6 Å².